The summed E-state index contributed by atoms with van der Waals surface area (Å²) in [5.74, 6) is -10.3. The summed E-state index contributed by atoms with van der Waals surface area (Å²) in [5, 5.41) is 10.6. The Kier molecular flexibility index (Phi) is 3.66. The van der Waals surface area contributed by atoms with Crippen LogP contribution in [0.3, 0.4) is 0 Å². The zero-order valence-corrected chi connectivity index (χ0v) is 14.2. The van der Waals surface area contributed by atoms with Crippen molar-refractivity contribution >= 4 is 11.3 Å². The van der Waals surface area contributed by atoms with Crippen LogP contribution >= 0.6 is 0 Å². The van der Waals surface area contributed by atoms with Crippen LogP contribution in [0, 0.1) is 12.4 Å². The Morgan fingerprint density at radius 1 is 1.14 bits per heavy atom. The van der Waals surface area contributed by atoms with E-state index >= 15 is 0 Å². The van der Waals surface area contributed by atoms with Crippen molar-refractivity contribution in [1.29, 1.82) is 0 Å². The molecule has 1 atom stereocenters. The minimum Gasteiger partial charge on any atom is -0.458 e. The quantitative estimate of drug-likeness (QED) is 0.509. The third-order valence-corrected chi connectivity index (χ3v) is 5.19. The molecule has 0 fully saturated rings. The molecule has 0 aliphatic heterocycles. The van der Waals surface area contributed by atoms with Gasteiger partial charge in [-0.2, -0.15) is 17.6 Å². The zero-order valence-electron chi connectivity index (χ0n) is 14.2. The van der Waals surface area contributed by atoms with Gasteiger partial charge in [0.15, 0.2) is 11.3 Å². The van der Waals surface area contributed by atoms with Crippen LogP contribution in [0.4, 0.5) is 27.6 Å². The topological polar surface area (TPSA) is 33.8 Å². The number of alkyl halides is 4. The molecule has 0 aromatic heterocycles. The van der Waals surface area contributed by atoms with Gasteiger partial charge in [-0.05, 0) is 42.7 Å². The predicted octanol–water partition coefficient (Wildman–Crippen LogP) is 5.90. The number of hydrogen-bond donors (Lipinski definition) is 1. The van der Waals surface area contributed by atoms with E-state index in [1.165, 1.54) is 6.07 Å². The number of aliphatic hydroxyl groups is 1. The third kappa shape index (κ3) is 2.17. The van der Waals surface area contributed by atoms with Crippen LogP contribution in [-0.2, 0) is 11.5 Å². The molecule has 0 bridgehead atoms. The lowest BCUT2D eigenvalue weighted by Crippen LogP contribution is -2.49. The van der Waals surface area contributed by atoms with E-state index in [1.54, 1.807) is 0 Å². The van der Waals surface area contributed by atoms with Gasteiger partial charge in [0, 0.05) is 22.8 Å². The smallest absolute Gasteiger partial charge is 0.346 e. The Balaban J connectivity index is 1.92. The van der Waals surface area contributed by atoms with Gasteiger partial charge in [0.2, 0.25) is 0 Å². The third-order valence-electron chi connectivity index (χ3n) is 5.19. The van der Waals surface area contributed by atoms with E-state index < -0.39 is 40.8 Å². The highest BCUT2D eigenvalue weighted by Crippen LogP contribution is 2.66. The summed E-state index contributed by atoms with van der Waals surface area (Å²) in [6.07, 6.45) is -0.759. The van der Waals surface area contributed by atoms with Crippen molar-refractivity contribution in [3.63, 3.8) is 0 Å². The first kappa shape index (κ1) is 18.4. The van der Waals surface area contributed by atoms with Crippen molar-refractivity contribution in [1.82, 2.24) is 0 Å². The first-order valence-corrected chi connectivity index (χ1v) is 8.23. The molecule has 2 aromatic rings. The summed E-state index contributed by atoms with van der Waals surface area (Å²) in [4.78, 5) is 3.10. The Morgan fingerprint density at radius 3 is 2.54 bits per heavy atom. The first-order chi connectivity index (χ1) is 13.0. The second kappa shape index (κ2) is 5.55. The van der Waals surface area contributed by atoms with Crippen LogP contribution in [0.25, 0.3) is 10.4 Å². The van der Waals surface area contributed by atoms with Gasteiger partial charge in [-0.15, -0.1) is 0 Å². The first-order valence-electron chi connectivity index (χ1n) is 8.23. The average Bonchev–Trinajstić information content (AvgIpc) is 2.74. The second-order valence-corrected chi connectivity index (χ2v) is 6.83. The normalized spacial score (nSPS) is 23.8. The van der Waals surface area contributed by atoms with E-state index in [2.05, 4.69) is 11.4 Å². The van der Waals surface area contributed by atoms with E-state index in [1.807, 2.05) is 0 Å². The van der Waals surface area contributed by atoms with Gasteiger partial charge in [0.1, 0.15) is 17.3 Å². The number of allylic oxidation sites excluding steroid dienone is 1. The predicted molar refractivity (Wildman–Crippen MR) is 90.2 cm³/mol. The molecular weight excluding hydrogens is 381 g/mol. The summed E-state index contributed by atoms with van der Waals surface area (Å²) in [5.41, 5.74) is -4.62. The molecule has 0 heterocycles. The summed E-state index contributed by atoms with van der Waals surface area (Å²) in [6, 6.07) is 4.99. The van der Waals surface area contributed by atoms with Gasteiger partial charge in [0.05, 0.1) is 6.57 Å². The van der Waals surface area contributed by atoms with Crippen LogP contribution in [0.15, 0.2) is 36.9 Å². The molecule has 2 aromatic carbocycles. The number of hydrogen-bond acceptors (Lipinski definition) is 2. The lowest BCUT2D eigenvalue weighted by molar-refractivity contribution is -0.287. The van der Waals surface area contributed by atoms with Crippen molar-refractivity contribution in [3.05, 3.63) is 70.8 Å². The average molecular weight is 393 g/mol. The SMILES string of the molecule is [C-]#[N+]c1cc(F)cc(Oc2ccc3c4c2C(=C)CCC4(O)C(F)(F)C3(F)F)c1. The molecule has 3 nitrogen and oxygen atoms in total. The van der Waals surface area contributed by atoms with Crippen molar-refractivity contribution in [2.24, 2.45) is 0 Å². The van der Waals surface area contributed by atoms with E-state index in [-0.39, 0.29) is 34.7 Å². The van der Waals surface area contributed by atoms with Crippen molar-refractivity contribution in [2.75, 3.05) is 0 Å². The van der Waals surface area contributed by atoms with Gasteiger partial charge in [-0.1, -0.05) is 6.58 Å². The number of rotatable bonds is 2. The Labute approximate surface area is 156 Å². The molecule has 1 unspecified atom stereocenters. The van der Waals surface area contributed by atoms with Gasteiger partial charge >= 0.3 is 11.8 Å². The lowest BCUT2D eigenvalue weighted by atomic mass is 9.76. The number of ether oxygens (including phenoxy) is 1. The lowest BCUT2D eigenvalue weighted by Gasteiger charge is -2.36. The molecule has 28 heavy (non-hydrogen) atoms. The monoisotopic (exact) mass is 393 g/mol. The molecular formula is C20H12F5NO2. The van der Waals surface area contributed by atoms with Crippen LogP contribution < -0.4 is 4.74 Å². The molecule has 0 spiro atoms. The van der Waals surface area contributed by atoms with E-state index in [4.69, 9.17) is 11.3 Å². The summed E-state index contributed by atoms with van der Waals surface area (Å²) < 4.78 is 76.9. The van der Waals surface area contributed by atoms with Crippen molar-refractivity contribution in [3.8, 4) is 11.5 Å². The maximum absolute atomic E-state index is 14.5. The van der Waals surface area contributed by atoms with Crippen molar-refractivity contribution in [2.45, 2.75) is 30.3 Å². The van der Waals surface area contributed by atoms with Gasteiger partial charge in [0.25, 0.3) is 0 Å². The molecule has 2 aliphatic rings. The van der Waals surface area contributed by atoms with E-state index in [9.17, 15) is 27.1 Å². The minimum atomic E-state index is -4.70. The minimum absolute atomic E-state index is 0.0572. The fourth-order valence-corrected chi connectivity index (χ4v) is 3.83. The molecule has 2 aliphatic carbocycles. The number of benzene rings is 2. The van der Waals surface area contributed by atoms with Crippen LogP contribution in [0.2, 0.25) is 0 Å². The second-order valence-electron chi connectivity index (χ2n) is 6.83. The highest BCUT2D eigenvalue weighted by atomic mass is 19.3. The van der Waals surface area contributed by atoms with Gasteiger partial charge in [-0.25, -0.2) is 9.24 Å². The van der Waals surface area contributed by atoms with Crippen LogP contribution in [0.5, 0.6) is 11.5 Å². The standard InChI is InChI=1S/C20H12F5NO2/c1-10-5-6-18(27)17-14(19(22,23)20(18,24)25)3-4-15(16(10)17)28-13-8-11(21)7-12(9-13)26-2/h3-4,7-9,27H,1,5-6H2. The molecule has 8 heteroatoms. The summed E-state index contributed by atoms with van der Waals surface area (Å²) in [6.45, 7) is 10.7. The summed E-state index contributed by atoms with van der Waals surface area (Å²) in [7, 11) is 0. The molecule has 1 N–H and O–H groups in total. The molecule has 0 amide bonds. The summed E-state index contributed by atoms with van der Waals surface area (Å²) >= 11 is 0. The maximum atomic E-state index is 14.5. The van der Waals surface area contributed by atoms with E-state index in [0.29, 0.717) is 0 Å². The van der Waals surface area contributed by atoms with Gasteiger partial charge < -0.3 is 9.84 Å². The van der Waals surface area contributed by atoms with Crippen molar-refractivity contribution < 1.29 is 31.8 Å². The van der Waals surface area contributed by atoms with Gasteiger partial charge in [-0.3, -0.25) is 0 Å². The molecule has 0 saturated carbocycles. The largest absolute Gasteiger partial charge is 0.458 e. The highest BCUT2D eigenvalue weighted by Gasteiger charge is 2.77. The Morgan fingerprint density at radius 2 is 1.86 bits per heavy atom. The number of nitrogens with zero attached hydrogens (tertiary/aromatic N) is 1. The maximum Gasteiger partial charge on any atom is 0.346 e. The zero-order chi connectivity index (χ0) is 20.5. The molecule has 0 saturated heterocycles. The highest BCUT2D eigenvalue weighted by molar-refractivity contribution is 5.78. The fraction of sp³-hybridized carbons (Fsp3) is 0.250. The van der Waals surface area contributed by atoms with Crippen LogP contribution in [0.1, 0.15) is 29.5 Å². The Bertz CT molecular complexity index is 1070. The Hall–Kier alpha value is -2.92. The van der Waals surface area contributed by atoms with Crippen LogP contribution in [-0.4, -0.2) is 11.0 Å². The fourth-order valence-electron chi connectivity index (χ4n) is 3.83. The number of halogens is 5. The molecule has 144 valence electrons. The molecule has 0 radical (unpaired) electrons. The van der Waals surface area contributed by atoms with E-state index in [0.717, 1.165) is 24.3 Å². The molecule has 4 rings (SSSR count).